The molecule has 3 heterocycles. The molecule has 0 saturated heterocycles. The first-order chi connectivity index (χ1) is 22.3. The predicted molar refractivity (Wildman–Crippen MR) is 192 cm³/mol. The first-order valence-corrected chi connectivity index (χ1v) is 17.5. The van der Waals surface area contributed by atoms with E-state index in [1.54, 1.807) is 4.91 Å². The van der Waals surface area contributed by atoms with Crippen LogP contribution in [0.5, 0.6) is 0 Å². The minimum Gasteiger partial charge on any atom is -0.309 e. The minimum atomic E-state index is 0.465. The Morgan fingerprint density at radius 3 is 2.00 bits per heavy atom. The summed E-state index contributed by atoms with van der Waals surface area (Å²) in [5.74, 6) is 0.982. The Kier molecular flexibility index (Phi) is 5.76. The fourth-order valence-electron chi connectivity index (χ4n) is 7.85. The molecule has 10 rings (SSSR count). The van der Waals surface area contributed by atoms with Gasteiger partial charge in [-0.15, -0.1) is 11.8 Å². The smallest absolute Gasteiger partial charge is 0.0541 e. The van der Waals surface area contributed by atoms with Crippen molar-refractivity contribution in [3.8, 4) is 27.9 Å². The van der Waals surface area contributed by atoms with Crippen LogP contribution in [0.4, 0.5) is 0 Å². The van der Waals surface area contributed by atoms with Crippen LogP contribution in [0.25, 0.3) is 49.7 Å². The summed E-state index contributed by atoms with van der Waals surface area (Å²) in [6, 6.07) is 51.7. The second-order valence-corrected chi connectivity index (χ2v) is 14.8. The van der Waals surface area contributed by atoms with Gasteiger partial charge in [0.25, 0.3) is 0 Å². The zero-order valence-corrected chi connectivity index (χ0v) is 26.2. The largest absolute Gasteiger partial charge is 0.309 e. The van der Waals surface area contributed by atoms with Crippen molar-refractivity contribution < 1.29 is 0 Å². The van der Waals surface area contributed by atoms with E-state index in [1.807, 2.05) is 11.8 Å². The lowest BCUT2D eigenvalue weighted by molar-refractivity contribution is 0.574. The third kappa shape index (κ3) is 4.04. The van der Waals surface area contributed by atoms with E-state index in [1.165, 1.54) is 77.1 Å². The number of aromatic nitrogens is 1. The highest BCUT2D eigenvalue weighted by Crippen LogP contribution is 2.61. The van der Waals surface area contributed by atoms with E-state index in [4.69, 9.17) is 0 Å². The molecule has 214 valence electrons. The molecule has 3 heteroatoms. The summed E-state index contributed by atoms with van der Waals surface area (Å²) in [4.78, 5) is 4.42. The van der Waals surface area contributed by atoms with Crippen LogP contribution < -0.4 is 0 Å². The third-order valence-corrected chi connectivity index (χ3v) is 12.6. The molecule has 0 fully saturated rings. The van der Waals surface area contributed by atoms with Crippen molar-refractivity contribution in [2.45, 2.75) is 33.3 Å². The van der Waals surface area contributed by atoms with Crippen LogP contribution in [0.15, 0.2) is 160 Å². The van der Waals surface area contributed by atoms with Gasteiger partial charge in [0.05, 0.1) is 11.0 Å². The third-order valence-electron chi connectivity index (χ3n) is 9.97. The first-order valence-electron chi connectivity index (χ1n) is 15.8. The number of benzene rings is 6. The molecule has 0 saturated carbocycles. The molecule has 0 radical (unpaired) electrons. The molecule has 2 aliphatic heterocycles. The summed E-state index contributed by atoms with van der Waals surface area (Å²) in [7, 11) is 0. The van der Waals surface area contributed by atoms with Gasteiger partial charge in [-0.1, -0.05) is 109 Å². The van der Waals surface area contributed by atoms with Gasteiger partial charge in [-0.3, -0.25) is 0 Å². The minimum absolute atomic E-state index is 0.465. The van der Waals surface area contributed by atoms with E-state index in [0.29, 0.717) is 17.1 Å². The summed E-state index contributed by atoms with van der Waals surface area (Å²) < 4.78 is 2.46. The van der Waals surface area contributed by atoms with Gasteiger partial charge in [-0.25, -0.2) is 0 Å². The van der Waals surface area contributed by atoms with Crippen LogP contribution in [0, 0.1) is 0 Å². The van der Waals surface area contributed by atoms with Gasteiger partial charge < -0.3 is 4.57 Å². The zero-order valence-electron chi connectivity index (χ0n) is 24.6. The van der Waals surface area contributed by atoms with E-state index in [9.17, 15) is 0 Å². The van der Waals surface area contributed by atoms with Crippen molar-refractivity contribution in [2.24, 2.45) is 0 Å². The maximum atomic E-state index is 2.60. The second-order valence-electron chi connectivity index (χ2n) is 12.4. The fraction of sp³-hybridized carbons (Fsp3) is 0.0952. The molecule has 1 aliphatic carbocycles. The molecule has 1 aromatic heterocycles. The zero-order chi connectivity index (χ0) is 29.5. The van der Waals surface area contributed by atoms with Gasteiger partial charge in [0.15, 0.2) is 0 Å². The van der Waals surface area contributed by atoms with Crippen LogP contribution >= 0.6 is 23.5 Å². The Labute approximate surface area is 271 Å². The lowest BCUT2D eigenvalue weighted by Gasteiger charge is -2.28. The quantitative estimate of drug-likeness (QED) is 0.196. The van der Waals surface area contributed by atoms with Gasteiger partial charge >= 0.3 is 0 Å². The highest BCUT2D eigenvalue weighted by molar-refractivity contribution is 8.03. The molecular weight excluding hydrogens is 583 g/mol. The molecular formula is C42H29NS2. The average molecular weight is 612 g/mol. The van der Waals surface area contributed by atoms with Crippen molar-refractivity contribution in [3.05, 3.63) is 162 Å². The molecule has 7 aromatic rings. The first kappa shape index (κ1) is 25.8. The van der Waals surface area contributed by atoms with Crippen LogP contribution in [-0.2, 0) is 0 Å². The number of nitrogens with zero attached hydrogens (tertiary/aromatic N) is 1. The molecule has 0 bridgehead atoms. The fourth-order valence-corrected chi connectivity index (χ4v) is 10.7. The topological polar surface area (TPSA) is 4.93 Å². The summed E-state index contributed by atoms with van der Waals surface area (Å²) in [5, 5.41) is 3.13. The summed E-state index contributed by atoms with van der Waals surface area (Å²) in [6.45, 7) is 0. The van der Waals surface area contributed by atoms with Crippen LogP contribution in [0.1, 0.15) is 29.4 Å². The second kappa shape index (κ2) is 10.0. The van der Waals surface area contributed by atoms with Gasteiger partial charge in [0, 0.05) is 43.3 Å². The van der Waals surface area contributed by atoms with Crippen molar-refractivity contribution in [2.75, 3.05) is 0 Å². The molecule has 0 amide bonds. The van der Waals surface area contributed by atoms with E-state index in [0.717, 1.165) is 0 Å². The molecule has 0 spiro atoms. The van der Waals surface area contributed by atoms with Gasteiger partial charge in [-0.2, -0.15) is 0 Å². The monoisotopic (exact) mass is 611 g/mol. The van der Waals surface area contributed by atoms with Crippen LogP contribution in [-0.4, -0.2) is 9.82 Å². The van der Waals surface area contributed by atoms with E-state index in [2.05, 4.69) is 162 Å². The van der Waals surface area contributed by atoms with E-state index >= 15 is 0 Å². The number of allylic oxidation sites excluding steroid dienone is 1. The van der Waals surface area contributed by atoms with Crippen LogP contribution in [0.3, 0.4) is 0 Å². The van der Waals surface area contributed by atoms with Gasteiger partial charge in [0.1, 0.15) is 0 Å². The lowest BCUT2D eigenvalue weighted by atomic mass is 9.78. The number of para-hydroxylation sites is 2. The maximum absolute atomic E-state index is 2.60. The Morgan fingerprint density at radius 2 is 1.20 bits per heavy atom. The summed E-state index contributed by atoms with van der Waals surface area (Å²) >= 11 is 4.06. The SMILES string of the molecule is C1=C2Sc3ccc(-c4cccc(-c5ccccc5)c4)cc3C2CC2c3cc(-n4c5ccccc5c5ccccc54)ccc3SC12. The highest BCUT2D eigenvalue weighted by atomic mass is 32.2. The number of hydrogen-bond donors (Lipinski definition) is 0. The Hall–Kier alpha value is -4.44. The molecule has 3 aliphatic rings. The van der Waals surface area contributed by atoms with Crippen molar-refractivity contribution in [1.29, 1.82) is 0 Å². The number of hydrogen-bond acceptors (Lipinski definition) is 2. The standard InChI is InChI=1S/C42H29NS2/c1-2-9-26(10-3-1)27-11-8-12-28(21-27)29-17-19-39-33(22-29)35-24-36-34-23-30(18-20-40(34)45-42(36)25-41(35)44-39)43-37-15-6-4-13-31(37)32-14-5-7-16-38(32)43/h1-23,25,35-36,42H,24H2. The number of fused-ring (bicyclic) bond motifs is 9. The Bertz CT molecular complexity index is 2280. The number of rotatable bonds is 3. The average Bonchev–Trinajstić information content (AvgIpc) is 3.76. The normalized spacial score (nSPS) is 19.6. The number of thioether (sulfide) groups is 2. The summed E-state index contributed by atoms with van der Waals surface area (Å²) in [6.07, 6.45) is 3.77. The van der Waals surface area contributed by atoms with Gasteiger partial charge in [-0.05, 0) is 93.2 Å². The van der Waals surface area contributed by atoms with Crippen molar-refractivity contribution in [3.63, 3.8) is 0 Å². The van der Waals surface area contributed by atoms with Crippen molar-refractivity contribution >= 4 is 45.3 Å². The van der Waals surface area contributed by atoms with Crippen LogP contribution in [0.2, 0.25) is 0 Å². The highest BCUT2D eigenvalue weighted by Gasteiger charge is 2.42. The molecule has 0 N–H and O–H groups in total. The maximum Gasteiger partial charge on any atom is 0.0541 e. The molecule has 1 nitrogen and oxygen atoms in total. The Balaban J connectivity index is 1.02. The molecule has 6 aromatic carbocycles. The van der Waals surface area contributed by atoms with E-state index < -0.39 is 0 Å². The van der Waals surface area contributed by atoms with Crippen molar-refractivity contribution in [1.82, 2.24) is 4.57 Å². The van der Waals surface area contributed by atoms with E-state index in [-0.39, 0.29) is 0 Å². The van der Waals surface area contributed by atoms with Gasteiger partial charge in [0.2, 0.25) is 0 Å². The molecule has 45 heavy (non-hydrogen) atoms. The lowest BCUT2D eigenvalue weighted by Crippen LogP contribution is -2.17. The predicted octanol–water partition coefficient (Wildman–Crippen LogP) is 11.9. The molecule has 3 atom stereocenters. The summed E-state index contributed by atoms with van der Waals surface area (Å²) in [5.41, 5.74) is 12.0. The molecule has 3 unspecified atom stereocenters. The Morgan fingerprint density at radius 1 is 0.533 bits per heavy atom.